The van der Waals surface area contributed by atoms with E-state index >= 15 is 0 Å². The highest BCUT2D eigenvalue weighted by Gasteiger charge is 2.33. The summed E-state index contributed by atoms with van der Waals surface area (Å²) in [6.07, 6.45) is 1.25. The Labute approximate surface area is 128 Å². The molecule has 0 aromatic heterocycles. The van der Waals surface area contributed by atoms with Crippen LogP contribution in [-0.2, 0) is 13.1 Å². The lowest BCUT2D eigenvalue weighted by atomic mass is 10.1. The molecular formula is C17H28N4. The minimum absolute atomic E-state index is 0.597. The van der Waals surface area contributed by atoms with E-state index in [9.17, 15) is 0 Å². The van der Waals surface area contributed by atoms with Crippen LogP contribution in [0.4, 0.5) is 0 Å². The van der Waals surface area contributed by atoms with Crippen LogP contribution in [0.3, 0.4) is 0 Å². The molecule has 2 N–H and O–H groups in total. The maximum atomic E-state index is 4.74. The zero-order chi connectivity index (χ0) is 15.2. The van der Waals surface area contributed by atoms with Gasteiger partial charge < -0.3 is 15.5 Å². The average Bonchev–Trinajstić information content (AvgIpc) is 3.12. The fourth-order valence-corrected chi connectivity index (χ4v) is 2.39. The van der Waals surface area contributed by atoms with E-state index in [0.717, 1.165) is 31.5 Å². The summed E-state index contributed by atoms with van der Waals surface area (Å²) in [7, 11) is 4.19. The standard InChI is InChI=1S/C17H28N4/c1-5-18-17(20-16-10-13(16)2)19-11-14-8-6-7-9-15(14)12-21(3)4/h6-9,13,16H,5,10-12H2,1-4H3,(H2,18,19,20). The molecule has 1 aromatic carbocycles. The molecule has 0 amide bonds. The summed E-state index contributed by atoms with van der Waals surface area (Å²) in [6.45, 7) is 6.95. The fourth-order valence-electron chi connectivity index (χ4n) is 2.39. The van der Waals surface area contributed by atoms with Gasteiger partial charge in [-0.25, -0.2) is 4.99 Å². The molecule has 1 fully saturated rings. The zero-order valence-corrected chi connectivity index (χ0v) is 13.7. The second-order valence-corrected chi connectivity index (χ2v) is 6.17. The topological polar surface area (TPSA) is 39.7 Å². The van der Waals surface area contributed by atoms with Crippen molar-refractivity contribution in [1.82, 2.24) is 15.5 Å². The zero-order valence-electron chi connectivity index (χ0n) is 13.7. The Morgan fingerprint density at radius 3 is 2.52 bits per heavy atom. The fraction of sp³-hybridized carbons (Fsp3) is 0.588. The van der Waals surface area contributed by atoms with Crippen molar-refractivity contribution in [3.05, 3.63) is 35.4 Å². The number of benzene rings is 1. The Bertz CT molecular complexity index is 481. The van der Waals surface area contributed by atoms with Crippen molar-refractivity contribution in [2.24, 2.45) is 10.9 Å². The Balaban J connectivity index is 2.02. The Kier molecular flexibility index (Phi) is 5.62. The lowest BCUT2D eigenvalue weighted by Crippen LogP contribution is -2.39. The third-order valence-corrected chi connectivity index (χ3v) is 3.79. The molecule has 0 spiro atoms. The molecule has 4 nitrogen and oxygen atoms in total. The van der Waals surface area contributed by atoms with Gasteiger partial charge in [-0.1, -0.05) is 31.2 Å². The molecule has 0 bridgehead atoms. The molecule has 2 rings (SSSR count). The smallest absolute Gasteiger partial charge is 0.191 e. The van der Waals surface area contributed by atoms with Gasteiger partial charge in [-0.05, 0) is 44.5 Å². The first-order valence-electron chi connectivity index (χ1n) is 7.86. The maximum Gasteiger partial charge on any atom is 0.191 e. The Morgan fingerprint density at radius 1 is 1.29 bits per heavy atom. The highest BCUT2D eigenvalue weighted by molar-refractivity contribution is 5.80. The molecule has 0 saturated heterocycles. The van der Waals surface area contributed by atoms with Gasteiger partial charge in [0.2, 0.25) is 0 Å². The van der Waals surface area contributed by atoms with Crippen LogP contribution in [0.2, 0.25) is 0 Å². The van der Waals surface area contributed by atoms with Crippen molar-refractivity contribution in [3.63, 3.8) is 0 Å². The minimum Gasteiger partial charge on any atom is -0.357 e. The van der Waals surface area contributed by atoms with Crippen LogP contribution in [0, 0.1) is 5.92 Å². The number of hydrogen-bond donors (Lipinski definition) is 2. The Hall–Kier alpha value is -1.55. The van der Waals surface area contributed by atoms with Gasteiger partial charge in [0.05, 0.1) is 6.54 Å². The summed E-state index contributed by atoms with van der Waals surface area (Å²) in [4.78, 5) is 6.93. The van der Waals surface area contributed by atoms with Crippen molar-refractivity contribution in [3.8, 4) is 0 Å². The van der Waals surface area contributed by atoms with Crippen LogP contribution < -0.4 is 10.6 Å². The van der Waals surface area contributed by atoms with Crippen molar-refractivity contribution in [1.29, 1.82) is 0 Å². The molecule has 116 valence electrons. The van der Waals surface area contributed by atoms with Crippen LogP contribution in [0.15, 0.2) is 29.3 Å². The predicted octanol–water partition coefficient (Wildman–Crippen LogP) is 2.21. The predicted molar refractivity (Wildman–Crippen MR) is 89.4 cm³/mol. The van der Waals surface area contributed by atoms with E-state index in [-0.39, 0.29) is 0 Å². The van der Waals surface area contributed by atoms with Crippen LogP contribution >= 0.6 is 0 Å². The van der Waals surface area contributed by atoms with E-state index < -0.39 is 0 Å². The summed E-state index contributed by atoms with van der Waals surface area (Å²) in [5.74, 6) is 1.71. The van der Waals surface area contributed by atoms with E-state index in [1.807, 2.05) is 0 Å². The molecule has 2 atom stereocenters. The van der Waals surface area contributed by atoms with E-state index in [0.29, 0.717) is 6.04 Å². The molecule has 2 unspecified atom stereocenters. The van der Waals surface area contributed by atoms with Crippen LogP contribution in [0.1, 0.15) is 31.4 Å². The molecule has 0 aliphatic heterocycles. The number of aliphatic imine (C=N–C) groups is 1. The normalized spacial score (nSPS) is 21.5. The summed E-state index contributed by atoms with van der Waals surface area (Å²) in [5, 5.41) is 6.83. The second kappa shape index (κ2) is 7.46. The molecule has 0 heterocycles. The van der Waals surface area contributed by atoms with E-state index in [2.05, 4.69) is 67.7 Å². The SMILES string of the molecule is CCNC(=NCc1ccccc1CN(C)C)NC1CC1C. The average molecular weight is 288 g/mol. The molecule has 1 aliphatic carbocycles. The third kappa shape index (κ3) is 5.05. The lowest BCUT2D eigenvalue weighted by Gasteiger charge is -2.14. The number of nitrogens with one attached hydrogen (secondary N) is 2. The van der Waals surface area contributed by atoms with Crippen LogP contribution in [-0.4, -0.2) is 37.5 Å². The lowest BCUT2D eigenvalue weighted by molar-refractivity contribution is 0.401. The van der Waals surface area contributed by atoms with Gasteiger partial charge >= 0.3 is 0 Å². The van der Waals surface area contributed by atoms with Gasteiger partial charge in [-0.3, -0.25) is 0 Å². The van der Waals surface area contributed by atoms with Gasteiger partial charge in [0.25, 0.3) is 0 Å². The third-order valence-electron chi connectivity index (χ3n) is 3.79. The molecule has 0 radical (unpaired) electrons. The quantitative estimate of drug-likeness (QED) is 0.623. The number of hydrogen-bond acceptors (Lipinski definition) is 2. The van der Waals surface area contributed by atoms with Gasteiger partial charge in [0.15, 0.2) is 5.96 Å². The number of rotatable bonds is 6. The van der Waals surface area contributed by atoms with Crippen LogP contribution in [0.5, 0.6) is 0 Å². The molecule has 4 heteroatoms. The summed E-state index contributed by atoms with van der Waals surface area (Å²) in [6, 6.07) is 9.15. The first-order valence-corrected chi connectivity index (χ1v) is 7.86. The van der Waals surface area contributed by atoms with Gasteiger partial charge in [-0.15, -0.1) is 0 Å². The molecule has 1 saturated carbocycles. The van der Waals surface area contributed by atoms with E-state index in [1.54, 1.807) is 0 Å². The van der Waals surface area contributed by atoms with Crippen molar-refractivity contribution < 1.29 is 0 Å². The Morgan fingerprint density at radius 2 is 1.95 bits per heavy atom. The molecular weight excluding hydrogens is 260 g/mol. The van der Waals surface area contributed by atoms with Crippen molar-refractivity contribution in [2.75, 3.05) is 20.6 Å². The van der Waals surface area contributed by atoms with Gasteiger partial charge in [0.1, 0.15) is 0 Å². The van der Waals surface area contributed by atoms with E-state index in [1.165, 1.54) is 17.5 Å². The largest absolute Gasteiger partial charge is 0.357 e. The minimum atomic E-state index is 0.597. The number of nitrogens with zero attached hydrogens (tertiary/aromatic N) is 2. The highest BCUT2D eigenvalue weighted by Crippen LogP contribution is 2.28. The second-order valence-electron chi connectivity index (χ2n) is 6.17. The molecule has 1 aliphatic rings. The maximum absolute atomic E-state index is 4.74. The first-order chi connectivity index (χ1) is 10.1. The summed E-state index contributed by atoms with van der Waals surface area (Å²) >= 11 is 0. The van der Waals surface area contributed by atoms with Crippen molar-refractivity contribution in [2.45, 2.75) is 39.4 Å². The molecule has 21 heavy (non-hydrogen) atoms. The highest BCUT2D eigenvalue weighted by atomic mass is 15.2. The van der Waals surface area contributed by atoms with Crippen LogP contribution in [0.25, 0.3) is 0 Å². The van der Waals surface area contributed by atoms with E-state index in [4.69, 9.17) is 4.99 Å². The monoisotopic (exact) mass is 288 g/mol. The summed E-state index contributed by atoms with van der Waals surface area (Å²) in [5.41, 5.74) is 2.65. The first kappa shape index (κ1) is 15.8. The van der Waals surface area contributed by atoms with Crippen molar-refractivity contribution >= 4 is 5.96 Å². The van der Waals surface area contributed by atoms with Gasteiger partial charge in [-0.2, -0.15) is 0 Å². The summed E-state index contributed by atoms with van der Waals surface area (Å²) < 4.78 is 0. The number of guanidine groups is 1. The molecule has 1 aromatic rings. The van der Waals surface area contributed by atoms with Gasteiger partial charge in [0, 0.05) is 19.1 Å².